The average Bonchev–Trinajstić information content (AvgIpc) is 3.15. The Morgan fingerprint density at radius 2 is 0.851 bits per heavy atom. The van der Waals surface area contributed by atoms with Crippen molar-refractivity contribution in [1.29, 1.82) is 0 Å². The Balaban J connectivity index is 1.36. The van der Waals surface area contributed by atoms with E-state index in [4.69, 9.17) is 0 Å². The zero-order valence-corrected chi connectivity index (χ0v) is 26.0. The van der Waals surface area contributed by atoms with Gasteiger partial charge in [0.25, 0.3) is 0 Å². The van der Waals surface area contributed by atoms with Crippen LogP contribution in [0.25, 0.3) is 76.5 Å². The molecule has 0 spiro atoms. The quantitative estimate of drug-likeness (QED) is 0.137. The molecule has 0 fully saturated rings. The van der Waals surface area contributed by atoms with Crippen molar-refractivity contribution in [2.45, 2.75) is 6.42 Å². The fraction of sp³-hybridized carbons (Fsp3) is 0.0213. The lowest BCUT2D eigenvalue weighted by Gasteiger charge is -2.20. The summed E-state index contributed by atoms with van der Waals surface area (Å²) in [5.41, 5.74) is 10.3. The molecule has 0 aliphatic rings. The van der Waals surface area contributed by atoms with E-state index in [0.717, 1.165) is 6.42 Å². The van der Waals surface area contributed by atoms with Gasteiger partial charge in [0.1, 0.15) is 0 Å². The zero-order valence-electron chi connectivity index (χ0n) is 26.0. The van der Waals surface area contributed by atoms with Crippen LogP contribution in [0.5, 0.6) is 0 Å². The van der Waals surface area contributed by atoms with Gasteiger partial charge in [-0.05, 0) is 106 Å². The Morgan fingerprint density at radius 1 is 0.298 bits per heavy atom. The highest BCUT2D eigenvalue weighted by Crippen LogP contribution is 2.45. The molecule has 0 aliphatic heterocycles. The van der Waals surface area contributed by atoms with Gasteiger partial charge in [0, 0.05) is 0 Å². The van der Waals surface area contributed by atoms with Gasteiger partial charge in [0.05, 0.1) is 0 Å². The first kappa shape index (κ1) is 27.3. The van der Waals surface area contributed by atoms with Crippen molar-refractivity contribution >= 4 is 43.1 Å². The van der Waals surface area contributed by atoms with Crippen molar-refractivity contribution in [3.8, 4) is 33.4 Å². The molecule has 0 bridgehead atoms. The summed E-state index contributed by atoms with van der Waals surface area (Å²) in [4.78, 5) is 0. The molecule has 9 rings (SSSR count). The molecule has 0 unspecified atom stereocenters. The molecule has 0 heterocycles. The van der Waals surface area contributed by atoms with Crippen LogP contribution in [-0.4, -0.2) is 0 Å². The fourth-order valence-corrected chi connectivity index (χ4v) is 7.58. The molecule has 0 atom stereocenters. The van der Waals surface area contributed by atoms with E-state index in [1.165, 1.54) is 87.6 Å². The Hall–Kier alpha value is -5.98. The van der Waals surface area contributed by atoms with Crippen LogP contribution in [0.15, 0.2) is 182 Å². The number of rotatable bonds is 5. The van der Waals surface area contributed by atoms with E-state index >= 15 is 0 Å². The van der Waals surface area contributed by atoms with E-state index in [0.29, 0.717) is 0 Å². The maximum absolute atomic E-state index is 2.42. The maximum Gasteiger partial charge on any atom is -0.000728 e. The molecule has 0 aliphatic carbocycles. The summed E-state index contributed by atoms with van der Waals surface area (Å²) in [6.07, 6.45) is 0.849. The summed E-state index contributed by atoms with van der Waals surface area (Å²) in [5.74, 6) is 0. The Kier molecular flexibility index (Phi) is 6.65. The highest BCUT2D eigenvalue weighted by atomic mass is 14.2. The molecule has 9 aromatic carbocycles. The van der Waals surface area contributed by atoms with Crippen LogP contribution in [0, 0.1) is 0 Å². The summed E-state index contributed by atoms with van der Waals surface area (Å²) in [6, 6.07) is 66.7. The monoisotopic (exact) mass is 596 g/mol. The number of hydrogen-bond acceptors (Lipinski definition) is 0. The summed E-state index contributed by atoms with van der Waals surface area (Å²) >= 11 is 0. The summed E-state index contributed by atoms with van der Waals surface area (Å²) in [7, 11) is 0. The molecule has 0 saturated carbocycles. The van der Waals surface area contributed by atoms with E-state index in [9.17, 15) is 0 Å². The molecule has 0 aromatic heterocycles. The highest BCUT2D eigenvalue weighted by Gasteiger charge is 2.19. The lowest BCUT2D eigenvalue weighted by Crippen LogP contribution is -1.98. The Bertz CT molecular complexity index is 2520. The van der Waals surface area contributed by atoms with E-state index in [1.54, 1.807) is 0 Å². The third-order valence-electron chi connectivity index (χ3n) is 9.75. The average molecular weight is 597 g/mol. The Labute approximate surface area is 275 Å². The molecule has 0 N–H and O–H groups in total. The van der Waals surface area contributed by atoms with Crippen LogP contribution in [0.2, 0.25) is 0 Å². The standard InChI is InChI=1S/C47H32/c1-3-15-32(16-4-1)36-30-44-38-22-10-7-19-34(38)27-28-41(44)46(31-36)47-42-25-13-11-23-39(42)45(40-24-12-14-26-43(40)47)29-35-20-8-9-21-37(35)33-17-5-2-6-18-33/h1-28,30-31H,29H2. The minimum absolute atomic E-state index is 0.849. The molecular formula is C47H32. The lowest BCUT2D eigenvalue weighted by atomic mass is 9.83. The molecule has 0 nitrogen and oxygen atoms in total. The van der Waals surface area contributed by atoms with Crippen LogP contribution in [0.3, 0.4) is 0 Å². The van der Waals surface area contributed by atoms with Gasteiger partial charge in [-0.25, -0.2) is 0 Å². The SMILES string of the molecule is c1ccc(-c2cc(-c3c4ccccc4c(Cc4ccccc4-c4ccccc4)c4ccccc34)c3ccc4ccccc4c3c2)cc1. The predicted molar refractivity (Wildman–Crippen MR) is 202 cm³/mol. The van der Waals surface area contributed by atoms with Crippen molar-refractivity contribution < 1.29 is 0 Å². The number of benzene rings is 9. The van der Waals surface area contributed by atoms with Crippen molar-refractivity contribution in [3.05, 3.63) is 193 Å². The van der Waals surface area contributed by atoms with Gasteiger partial charge >= 0.3 is 0 Å². The van der Waals surface area contributed by atoms with Gasteiger partial charge < -0.3 is 0 Å². The molecule has 0 radical (unpaired) electrons. The molecule has 220 valence electrons. The minimum atomic E-state index is 0.849. The van der Waals surface area contributed by atoms with Crippen LogP contribution >= 0.6 is 0 Å². The Morgan fingerprint density at radius 3 is 1.55 bits per heavy atom. The van der Waals surface area contributed by atoms with Gasteiger partial charge in [0.2, 0.25) is 0 Å². The van der Waals surface area contributed by atoms with Crippen LogP contribution in [0.4, 0.5) is 0 Å². The first-order valence-corrected chi connectivity index (χ1v) is 16.4. The number of hydrogen-bond donors (Lipinski definition) is 0. The third kappa shape index (κ3) is 4.69. The largest absolute Gasteiger partial charge is 0.0622 e. The number of fused-ring (bicyclic) bond motifs is 5. The molecule has 0 heteroatoms. The summed E-state index contributed by atoms with van der Waals surface area (Å²) < 4.78 is 0. The van der Waals surface area contributed by atoms with Gasteiger partial charge in [-0.2, -0.15) is 0 Å². The van der Waals surface area contributed by atoms with Gasteiger partial charge in [0.15, 0.2) is 0 Å². The van der Waals surface area contributed by atoms with E-state index in [2.05, 4.69) is 182 Å². The first-order chi connectivity index (χ1) is 23.3. The third-order valence-corrected chi connectivity index (χ3v) is 9.75. The topological polar surface area (TPSA) is 0 Å². The normalized spacial score (nSPS) is 11.5. The maximum atomic E-state index is 2.42. The van der Waals surface area contributed by atoms with Crippen molar-refractivity contribution in [1.82, 2.24) is 0 Å². The van der Waals surface area contributed by atoms with Crippen molar-refractivity contribution in [2.24, 2.45) is 0 Å². The molecule has 0 amide bonds. The smallest absolute Gasteiger partial charge is 0.000728 e. The summed E-state index contributed by atoms with van der Waals surface area (Å²) in [5, 5.41) is 10.3. The van der Waals surface area contributed by atoms with E-state index in [1.807, 2.05) is 0 Å². The van der Waals surface area contributed by atoms with Crippen molar-refractivity contribution in [3.63, 3.8) is 0 Å². The second-order valence-electron chi connectivity index (χ2n) is 12.4. The van der Waals surface area contributed by atoms with Crippen LogP contribution in [-0.2, 0) is 6.42 Å². The second-order valence-corrected chi connectivity index (χ2v) is 12.4. The van der Waals surface area contributed by atoms with E-state index < -0.39 is 0 Å². The van der Waals surface area contributed by atoms with Gasteiger partial charge in [-0.3, -0.25) is 0 Å². The lowest BCUT2D eigenvalue weighted by molar-refractivity contribution is 1.23. The van der Waals surface area contributed by atoms with Crippen LogP contribution < -0.4 is 0 Å². The molecule has 47 heavy (non-hydrogen) atoms. The minimum Gasteiger partial charge on any atom is -0.0622 e. The van der Waals surface area contributed by atoms with Gasteiger partial charge in [-0.1, -0.05) is 170 Å². The zero-order chi connectivity index (χ0) is 31.2. The highest BCUT2D eigenvalue weighted by molar-refractivity contribution is 6.22. The molecular weight excluding hydrogens is 565 g/mol. The second kappa shape index (κ2) is 11.4. The predicted octanol–water partition coefficient (Wildman–Crippen LogP) is 12.9. The molecule has 9 aromatic rings. The first-order valence-electron chi connectivity index (χ1n) is 16.4. The van der Waals surface area contributed by atoms with E-state index in [-0.39, 0.29) is 0 Å². The fourth-order valence-electron chi connectivity index (χ4n) is 7.58. The summed E-state index contributed by atoms with van der Waals surface area (Å²) in [6.45, 7) is 0. The van der Waals surface area contributed by atoms with Crippen LogP contribution in [0.1, 0.15) is 11.1 Å². The van der Waals surface area contributed by atoms with Gasteiger partial charge in [-0.15, -0.1) is 0 Å². The molecule has 0 saturated heterocycles. The van der Waals surface area contributed by atoms with Crippen molar-refractivity contribution in [2.75, 3.05) is 0 Å².